The number of aryl methyl sites for hydroxylation is 1. The third-order valence-electron chi connectivity index (χ3n) is 6.68. The number of anilines is 1. The van der Waals surface area contributed by atoms with Crippen LogP contribution in [-0.4, -0.2) is 15.7 Å². The van der Waals surface area contributed by atoms with Crippen LogP contribution in [0.15, 0.2) is 96.4 Å². The highest BCUT2D eigenvalue weighted by molar-refractivity contribution is 6.14. The summed E-state index contributed by atoms with van der Waals surface area (Å²) in [6.45, 7) is 2.19. The maximum atomic E-state index is 14.5. The average Bonchev–Trinajstić information content (AvgIpc) is 3.34. The maximum Gasteiger partial charge on any atom is 0.248 e. The largest absolute Gasteiger partial charge is 0.422 e. The van der Waals surface area contributed by atoms with Gasteiger partial charge in [-0.3, -0.25) is 4.79 Å². The Morgan fingerprint density at radius 1 is 1.00 bits per heavy atom. The zero-order valence-electron chi connectivity index (χ0n) is 19.0. The Morgan fingerprint density at radius 3 is 2.37 bits per heavy atom. The minimum Gasteiger partial charge on any atom is -0.422 e. The van der Waals surface area contributed by atoms with Crippen LogP contribution in [0.1, 0.15) is 22.4 Å². The third-order valence-corrected chi connectivity index (χ3v) is 6.68. The number of ether oxygens (including phenoxy) is 1. The van der Waals surface area contributed by atoms with E-state index in [1.54, 1.807) is 9.58 Å². The van der Waals surface area contributed by atoms with Crippen molar-refractivity contribution in [3.8, 4) is 17.6 Å². The molecule has 0 bridgehead atoms. The fourth-order valence-corrected chi connectivity index (χ4v) is 5.24. The van der Waals surface area contributed by atoms with Crippen molar-refractivity contribution in [3.63, 3.8) is 0 Å². The number of amides is 1. The molecule has 4 aromatic rings. The summed E-state index contributed by atoms with van der Waals surface area (Å²) in [7, 11) is 0. The van der Waals surface area contributed by atoms with E-state index in [-0.39, 0.29) is 17.4 Å². The molecular formula is C28H21N5O2. The Morgan fingerprint density at radius 2 is 1.66 bits per heavy atom. The van der Waals surface area contributed by atoms with Crippen molar-refractivity contribution in [1.82, 2.24) is 9.78 Å². The highest BCUT2D eigenvalue weighted by atomic mass is 16.5. The van der Waals surface area contributed by atoms with Gasteiger partial charge in [0.05, 0.1) is 23.5 Å². The molecule has 1 atom stereocenters. The first kappa shape index (κ1) is 20.8. The number of nitriles is 1. The lowest BCUT2D eigenvalue weighted by Gasteiger charge is -2.33. The molecule has 7 nitrogen and oxygen atoms in total. The Labute approximate surface area is 202 Å². The minimum atomic E-state index is -1.45. The van der Waals surface area contributed by atoms with E-state index in [0.717, 1.165) is 16.9 Å². The van der Waals surface area contributed by atoms with Crippen LogP contribution < -0.4 is 15.4 Å². The van der Waals surface area contributed by atoms with Gasteiger partial charge in [0.2, 0.25) is 17.7 Å². The molecule has 1 spiro atoms. The Hall–Kier alpha value is -4.83. The molecule has 1 aromatic heterocycles. The van der Waals surface area contributed by atoms with Crippen LogP contribution in [0.4, 0.5) is 5.69 Å². The summed E-state index contributed by atoms with van der Waals surface area (Å²) in [5.74, 6) is -0.000904. The molecular weight excluding hydrogens is 438 g/mol. The van der Waals surface area contributed by atoms with Crippen LogP contribution in [0.2, 0.25) is 0 Å². The van der Waals surface area contributed by atoms with E-state index in [9.17, 15) is 10.1 Å². The van der Waals surface area contributed by atoms with E-state index in [0.29, 0.717) is 29.2 Å². The van der Waals surface area contributed by atoms with Crippen molar-refractivity contribution in [1.29, 1.82) is 5.26 Å². The Bertz CT molecular complexity index is 1550. The van der Waals surface area contributed by atoms with Gasteiger partial charge >= 0.3 is 0 Å². The predicted molar refractivity (Wildman–Crippen MR) is 131 cm³/mol. The number of benzene rings is 3. The van der Waals surface area contributed by atoms with Crippen molar-refractivity contribution < 1.29 is 9.53 Å². The fraction of sp³-hybridized carbons (Fsp3) is 0.107. The number of rotatable bonds is 3. The SMILES string of the molecule is Cc1nn(-c2ccccc2)c2c1[C@]1(C(=O)N(Cc3ccccc3)c3ccccc31)C(C#N)=C(N)O2. The van der Waals surface area contributed by atoms with Gasteiger partial charge in [-0.05, 0) is 30.7 Å². The van der Waals surface area contributed by atoms with Gasteiger partial charge in [0.15, 0.2) is 0 Å². The standard InChI is InChI=1S/C28H21N5O2/c1-18-24-26(33(31-18)20-12-6-3-7-13-20)35-25(30)22(16-29)28(24)21-14-8-9-15-23(21)32(27(28)34)17-19-10-4-2-5-11-19/h2-15H,17,30H2,1H3/t28-/m1/s1. The second-order valence-electron chi connectivity index (χ2n) is 8.61. The number of fused-ring (bicyclic) bond motifs is 4. The lowest BCUT2D eigenvalue weighted by molar-refractivity contribution is -0.121. The Balaban J connectivity index is 1.64. The summed E-state index contributed by atoms with van der Waals surface area (Å²) in [5.41, 5.74) is 9.29. The third kappa shape index (κ3) is 2.77. The average molecular weight is 460 g/mol. The van der Waals surface area contributed by atoms with E-state index in [4.69, 9.17) is 15.6 Å². The Kier molecular flexibility index (Phi) is 4.51. The van der Waals surface area contributed by atoms with Gasteiger partial charge in [0.1, 0.15) is 17.1 Å². The van der Waals surface area contributed by atoms with Crippen LogP contribution in [0.25, 0.3) is 5.69 Å². The first-order valence-electron chi connectivity index (χ1n) is 11.3. The molecule has 7 heteroatoms. The number of nitrogens with zero attached hydrogens (tertiary/aromatic N) is 4. The van der Waals surface area contributed by atoms with Crippen LogP contribution in [0.3, 0.4) is 0 Å². The topological polar surface area (TPSA) is 97.2 Å². The monoisotopic (exact) mass is 459 g/mol. The molecule has 2 aliphatic rings. The smallest absolute Gasteiger partial charge is 0.248 e. The summed E-state index contributed by atoms with van der Waals surface area (Å²) in [6.07, 6.45) is 0. The van der Waals surface area contributed by atoms with Crippen molar-refractivity contribution in [2.24, 2.45) is 5.73 Å². The van der Waals surface area contributed by atoms with Gasteiger partial charge in [-0.1, -0.05) is 66.7 Å². The molecule has 0 fully saturated rings. The zero-order chi connectivity index (χ0) is 24.2. The molecule has 2 N–H and O–H groups in total. The lowest BCUT2D eigenvalue weighted by atomic mass is 9.69. The second-order valence-corrected chi connectivity index (χ2v) is 8.61. The molecule has 0 aliphatic carbocycles. The van der Waals surface area contributed by atoms with E-state index >= 15 is 0 Å². The number of carbonyl (C=O) groups is 1. The van der Waals surface area contributed by atoms with Gasteiger partial charge in [-0.25, -0.2) is 4.68 Å². The molecule has 35 heavy (non-hydrogen) atoms. The number of para-hydroxylation sites is 2. The minimum absolute atomic E-state index is 0.0775. The molecule has 0 saturated carbocycles. The summed E-state index contributed by atoms with van der Waals surface area (Å²) in [5, 5.41) is 15.0. The molecule has 170 valence electrons. The quantitative estimate of drug-likeness (QED) is 0.498. The fourth-order valence-electron chi connectivity index (χ4n) is 5.24. The van der Waals surface area contributed by atoms with Gasteiger partial charge in [-0.15, -0.1) is 0 Å². The summed E-state index contributed by atoms with van der Waals surface area (Å²) in [4.78, 5) is 16.2. The first-order chi connectivity index (χ1) is 17.1. The van der Waals surface area contributed by atoms with Gasteiger partial charge in [-0.2, -0.15) is 10.4 Å². The number of nitrogens with two attached hydrogens (primary N) is 1. The van der Waals surface area contributed by atoms with Crippen LogP contribution >= 0.6 is 0 Å². The molecule has 1 amide bonds. The van der Waals surface area contributed by atoms with Gasteiger partial charge < -0.3 is 15.4 Å². The maximum absolute atomic E-state index is 14.5. The van der Waals surface area contributed by atoms with Crippen molar-refractivity contribution >= 4 is 11.6 Å². The van der Waals surface area contributed by atoms with Crippen LogP contribution in [0, 0.1) is 18.3 Å². The molecule has 0 saturated heterocycles. The highest BCUT2D eigenvalue weighted by Gasteiger charge is 2.61. The molecule has 6 rings (SSSR count). The van der Waals surface area contributed by atoms with E-state index in [1.807, 2.05) is 91.9 Å². The lowest BCUT2D eigenvalue weighted by Crippen LogP contribution is -2.46. The number of aromatic nitrogens is 2. The molecule has 0 radical (unpaired) electrons. The molecule has 3 aromatic carbocycles. The van der Waals surface area contributed by atoms with E-state index < -0.39 is 5.41 Å². The molecule has 3 heterocycles. The normalized spacial score (nSPS) is 18.3. The first-order valence-corrected chi connectivity index (χ1v) is 11.3. The van der Waals surface area contributed by atoms with Crippen LogP contribution in [0.5, 0.6) is 5.88 Å². The summed E-state index contributed by atoms with van der Waals surface area (Å²) in [6, 6.07) is 29.0. The highest BCUT2D eigenvalue weighted by Crippen LogP contribution is 2.56. The number of hydrogen-bond donors (Lipinski definition) is 1. The summed E-state index contributed by atoms with van der Waals surface area (Å²) < 4.78 is 7.65. The van der Waals surface area contributed by atoms with Crippen molar-refractivity contribution in [2.75, 3.05) is 4.90 Å². The zero-order valence-corrected chi connectivity index (χ0v) is 19.0. The van der Waals surface area contributed by atoms with Crippen LogP contribution in [-0.2, 0) is 16.8 Å². The van der Waals surface area contributed by atoms with E-state index in [2.05, 4.69) is 6.07 Å². The van der Waals surface area contributed by atoms with Gasteiger partial charge in [0.25, 0.3) is 0 Å². The number of carbonyl (C=O) groups excluding carboxylic acids is 1. The predicted octanol–water partition coefficient (Wildman–Crippen LogP) is 4.10. The second kappa shape index (κ2) is 7.61. The molecule has 2 aliphatic heterocycles. The van der Waals surface area contributed by atoms with Crippen molar-refractivity contribution in [2.45, 2.75) is 18.9 Å². The molecule has 0 unspecified atom stereocenters. The number of hydrogen-bond acceptors (Lipinski definition) is 5. The summed E-state index contributed by atoms with van der Waals surface area (Å²) >= 11 is 0. The van der Waals surface area contributed by atoms with Crippen molar-refractivity contribution in [3.05, 3.63) is 119 Å². The van der Waals surface area contributed by atoms with Gasteiger partial charge in [0, 0.05) is 11.3 Å². The van der Waals surface area contributed by atoms with E-state index in [1.165, 1.54) is 0 Å².